The topological polar surface area (TPSA) is 99.7 Å². The van der Waals surface area contributed by atoms with Crippen molar-refractivity contribution in [2.45, 2.75) is 18.9 Å². The Hall–Kier alpha value is -1.95. The van der Waals surface area contributed by atoms with Gasteiger partial charge in [0, 0.05) is 11.6 Å². The van der Waals surface area contributed by atoms with E-state index in [1.54, 1.807) is 18.2 Å². The number of anilines is 1. The van der Waals surface area contributed by atoms with Crippen LogP contribution in [-0.4, -0.2) is 23.1 Å². The van der Waals surface area contributed by atoms with Gasteiger partial charge in [-0.2, -0.15) is 0 Å². The van der Waals surface area contributed by atoms with Crippen molar-refractivity contribution >= 4 is 29.2 Å². The number of hydrogen-bond acceptors (Lipinski definition) is 3. The van der Waals surface area contributed by atoms with Crippen molar-refractivity contribution in [3.8, 4) is 0 Å². The molecule has 6 nitrogen and oxygen atoms in total. The van der Waals surface area contributed by atoms with E-state index in [2.05, 4.69) is 15.8 Å². The van der Waals surface area contributed by atoms with Crippen LogP contribution in [-0.2, 0) is 0 Å². The third kappa shape index (κ3) is 3.04. The second-order valence-corrected chi connectivity index (χ2v) is 4.46. The fourth-order valence-corrected chi connectivity index (χ4v) is 1.57. The number of hydrogen-bond donors (Lipinski definition) is 4. The molecule has 2 amide bonds. The van der Waals surface area contributed by atoms with E-state index < -0.39 is 0 Å². The van der Waals surface area contributed by atoms with Gasteiger partial charge in [-0.3, -0.25) is 0 Å². The predicted octanol–water partition coefficient (Wildman–Crippen LogP) is 1.72. The van der Waals surface area contributed by atoms with Crippen molar-refractivity contribution in [1.82, 2.24) is 5.32 Å². The highest BCUT2D eigenvalue weighted by Crippen LogP contribution is 2.24. The highest BCUT2D eigenvalue weighted by molar-refractivity contribution is 6.33. The molecule has 7 heteroatoms. The van der Waals surface area contributed by atoms with Gasteiger partial charge in [-0.25, -0.2) is 4.79 Å². The summed E-state index contributed by atoms with van der Waals surface area (Å²) in [6, 6.07) is 4.67. The van der Waals surface area contributed by atoms with E-state index in [0.717, 1.165) is 12.8 Å². The average Bonchev–Trinajstić information content (AvgIpc) is 3.14. The van der Waals surface area contributed by atoms with Crippen LogP contribution in [0.1, 0.15) is 18.4 Å². The molecule has 1 saturated carbocycles. The van der Waals surface area contributed by atoms with Crippen LogP contribution < -0.4 is 16.4 Å². The van der Waals surface area contributed by atoms with Crippen molar-refractivity contribution in [3.05, 3.63) is 28.8 Å². The summed E-state index contributed by atoms with van der Waals surface area (Å²) in [5.41, 5.74) is 6.35. The maximum atomic E-state index is 11.6. The van der Waals surface area contributed by atoms with E-state index in [1.807, 2.05) is 0 Å². The Morgan fingerprint density at radius 2 is 2.22 bits per heavy atom. The lowest BCUT2D eigenvalue weighted by Crippen LogP contribution is -2.30. The fourth-order valence-electron chi connectivity index (χ4n) is 1.41. The number of nitrogens with zero attached hydrogens (tertiary/aromatic N) is 1. The van der Waals surface area contributed by atoms with Gasteiger partial charge in [0.25, 0.3) is 0 Å². The molecule has 0 heterocycles. The van der Waals surface area contributed by atoms with Crippen molar-refractivity contribution in [2.75, 3.05) is 5.32 Å². The Balaban J connectivity index is 2.12. The molecule has 2 rings (SSSR count). The zero-order valence-electron chi connectivity index (χ0n) is 9.48. The van der Waals surface area contributed by atoms with Crippen LogP contribution in [0.25, 0.3) is 0 Å². The first kappa shape index (κ1) is 12.5. The maximum Gasteiger partial charge on any atom is 0.319 e. The summed E-state index contributed by atoms with van der Waals surface area (Å²) < 4.78 is 0. The Bertz CT molecular complexity index is 500. The number of carbonyl (C=O) groups excluding carboxylic acids is 1. The van der Waals surface area contributed by atoms with E-state index in [4.69, 9.17) is 22.5 Å². The standard InChI is InChI=1S/C11H13ClN4O2/c12-8-4-1-6(10(13)16-18)5-9(8)15-11(17)14-7-2-3-7/h1,4-5,7,18H,2-3H2,(H2,13,16)(H2,14,15,17). The number of amides is 2. The monoisotopic (exact) mass is 268 g/mol. The Labute approximate surface area is 109 Å². The fraction of sp³-hybridized carbons (Fsp3) is 0.273. The number of rotatable bonds is 3. The number of nitrogens with two attached hydrogens (primary N) is 1. The minimum Gasteiger partial charge on any atom is -0.409 e. The summed E-state index contributed by atoms with van der Waals surface area (Å²) in [7, 11) is 0. The number of benzene rings is 1. The van der Waals surface area contributed by atoms with Crippen LogP contribution in [0.2, 0.25) is 5.02 Å². The molecular weight excluding hydrogens is 256 g/mol. The minimum atomic E-state index is -0.309. The van der Waals surface area contributed by atoms with Crippen molar-refractivity contribution < 1.29 is 10.0 Å². The number of halogens is 1. The number of urea groups is 1. The van der Waals surface area contributed by atoms with Gasteiger partial charge in [0.2, 0.25) is 0 Å². The Morgan fingerprint density at radius 1 is 1.50 bits per heavy atom. The van der Waals surface area contributed by atoms with E-state index in [-0.39, 0.29) is 17.9 Å². The third-order valence-electron chi connectivity index (χ3n) is 2.53. The van der Waals surface area contributed by atoms with E-state index in [0.29, 0.717) is 16.3 Å². The smallest absolute Gasteiger partial charge is 0.319 e. The molecule has 0 spiro atoms. The molecule has 0 bridgehead atoms. The molecule has 0 aliphatic heterocycles. The van der Waals surface area contributed by atoms with E-state index in [9.17, 15) is 4.79 Å². The first-order chi connectivity index (χ1) is 8.60. The zero-order chi connectivity index (χ0) is 13.1. The van der Waals surface area contributed by atoms with Crippen LogP contribution in [0.4, 0.5) is 10.5 Å². The molecule has 0 unspecified atom stereocenters. The summed E-state index contributed by atoms with van der Waals surface area (Å²) in [4.78, 5) is 11.6. The van der Waals surface area contributed by atoms with Gasteiger partial charge in [-0.15, -0.1) is 0 Å². The average molecular weight is 269 g/mol. The Morgan fingerprint density at radius 3 is 2.83 bits per heavy atom. The van der Waals surface area contributed by atoms with Gasteiger partial charge in [0.1, 0.15) is 0 Å². The van der Waals surface area contributed by atoms with Crippen LogP contribution in [0, 0.1) is 0 Å². The summed E-state index contributed by atoms with van der Waals surface area (Å²) in [6.45, 7) is 0. The van der Waals surface area contributed by atoms with Gasteiger partial charge in [0.15, 0.2) is 5.84 Å². The van der Waals surface area contributed by atoms with Gasteiger partial charge in [-0.05, 0) is 31.0 Å². The first-order valence-electron chi connectivity index (χ1n) is 5.45. The van der Waals surface area contributed by atoms with E-state index >= 15 is 0 Å². The molecule has 18 heavy (non-hydrogen) atoms. The zero-order valence-corrected chi connectivity index (χ0v) is 10.2. The van der Waals surface area contributed by atoms with E-state index in [1.165, 1.54) is 0 Å². The lowest BCUT2D eigenvalue weighted by Gasteiger charge is -2.09. The summed E-state index contributed by atoms with van der Waals surface area (Å²) >= 11 is 5.95. The summed E-state index contributed by atoms with van der Waals surface area (Å²) in [5.74, 6) is -0.0442. The van der Waals surface area contributed by atoms with Gasteiger partial charge >= 0.3 is 6.03 Å². The van der Waals surface area contributed by atoms with Crippen LogP contribution in [0.15, 0.2) is 23.4 Å². The van der Waals surface area contributed by atoms with Gasteiger partial charge < -0.3 is 21.6 Å². The molecule has 5 N–H and O–H groups in total. The number of nitrogens with one attached hydrogen (secondary N) is 2. The predicted molar refractivity (Wildman–Crippen MR) is 69.1 cm³/mol. The first-order valence-corrected chi connectivity index (χ1v) is 5.83. The largest absolute Gasteiger partial charge is 0.409 e. The molecule has 1 aromatic carbocycles. The highest BCUT2D eigenvalue weighted by atomic mass is 35.5. The molecule has 1 aliphatic rings. The molecule has 0 saturated heterocycles. The second kappa shape index (κ2) is 5.14. The van der Waals surface area contributed by atoms with Crippen molar-refractivity contribution in [2.24, 2.45) is 10.9 Å². The SMILES string of the molecule is NC(=NO)c1ccc(Cl)c(NC(=O)NC2CC2)c1. The number of amidine groups is 1. The normalized spacial score (nSPS) is 15.3. The van der Waals surface area contributed by atoms with Crippen LogP contribution >= 0.6 is 11.6 Å². The molecule has 0 aromatic heterocycles. The molecule has 0 radical (unpaired) electrons. The molecular formula is C11H13ClN4O2. The number of carbonyl (C=O) groups is 1. The van der Waals surface area contributed by atoms with Gasteiger partial charge in [-0.1, -0.05) is 16.8 Å². The number of oxime groups is 1. The molecule has 1 aliphatic carbocycles. The van der Waals surface area contributed by atoms with Crippen LogP contribution in [0.5, 0.6) is 0 Å². The lowest BCUT2D eigenvalue weighted by atomic mass is 10.2. The molecule has 1 aromatic rings. The van der Waals surface area contributed by atoms with Crippen molar-refractivity contribution in [1.29, 1.82) is 0 Å². The maximum absolute atomic E-state index is 11.6. The summed E-state index contributed by atoms with van der Waals surface area (Å²) in [5, 5.41) is 17.3. The highest BCUT2D eigenvalue weighted by Gasteiger charge is 2.23. The molecule has 96 valence electrons. The van der Waals surface area contributed by atoms with Crippen LogP contribution in [0.3, 0.4) is 0 Å². The third-order valence-corrected chi connectivity index (χ3v) is 2.86. The molecule has 1 fully saturated rings. The quantitative estimate of drug-likeness (QED) is 0.291. The Kier molecular flexibility index (Phi) is 3.57. The van der Waals surface area contributed by atoms with Gasteiger partial charge in [0.05, 0.1) is 10.7 Å². The minimum absolute atomic E-state index is 0.0442. The second-order valence-electron chi connectivity index (χ2n) is 4.05. The lowest BCUT2D eigenvalue weighted by molar-refractivity contribution is 0.251. The van der Waals surface area contributed by atoms with Crippen molar-refractivity contribution in [3.63, 3.8) is 0 Å². The summed E-state index contributed by atoms with van der Waals surface area (Å²) in [6.07, 6.45) is 2.01. The molecule has 0 atom stereocenters.